The first-order valence-electron chi connectivity index (χ1n) is 13.4. The second-order valence-corrected chi connectivity index (χ2v) is 11.7. The Morgan fingerprint density at radius 1 is 1.05 bits per heavy atom. The van der Waals surface area contributed by atoms with Gasteiger partial charge in [-0.2, -0.15) is 0 Å². The molecule has 2 aromatic carbocycles. The van der Waals surface area contributed by atoms with Crippen LogP contribution in [0.5, 0.6) is 5.75 Å². The number of thioether (sulfide) groups is 1. The number of rotatable bonds is 6. The first kappa shape index (κ1) is 26.9. The van der Waals surface area contributed by atoms with Gasteiger partial charge >= 0.3 is 0 Å². The maximum absolute atomic E-state index is 15.6. The summed E-state index contributed by atoms with van der Waals surface area (Å²) in [4.78, 5) is 17.9. The van der Waals surface area contributed by atoms with E-state index in [4.69, 9.17) is 25.2 Å². The van der Waals surface area contributed by atoms with E-state index in [1.165, 1.54) is 17.8 Å². The lowest BCUT2D eigenvalue weighted by Gasteiger charge is -2.37. The Labute approximate surface area is 248 Å². The van der Waals surface area contributed by atoms with Crippen LogP contribution in [0, 0.1) is 5.82 Å². The highest BCUT2D eigenvalue weighted by molar-refractivity contribution is 7.98. The molecule has 42 heavy (non-hydrogen) atoms. The monoisotopic (exact) mass is 609 g/mol. The fourth-order valence-electron chi connectivity index (χ4n) is 5.21. The topological polar surface area (TPSA) is 116 Å². The Kier molecular flexibility index (Phi) is 6.87. The fraction of sp³-hybridized carbons (Fsp3) is 0.321. The number of likely N-dealkylation sites (N-methyl/N-ethyl adjacent to an activating group) is 1. The number of anilines is 1. The van der Waals surface area contributed by atoms with Crippen molar-refractivity contribution in [3.63, 3.8) is 0 Å². The zero-order valence-corrected chi connectivity index (χ0v) is 24.3. The number of hydrogen-bond donors (Lipinski definition) is 0. The van der Waals surface area contributed by atoms with E-state index in [1.54, 1.807) is 30.5 Å². The van der Waals surface area contributed by atoms with Crippen LogP contribution < -0.4 is 15.1 Å². The molecule has 14 heteroatoms. The van der Waals surface area contributed by atoms with Gasteiger partial charge in [-0.3, -0.25) is 4.79 Å². The van der Waals surface area contributed by atoms with Crippen LogP contribution in [0.4, 0.5) is 10.1 Å². The maximum Gasteiger partial charge on any atom is 0.277 e. The summed E-state index contributed by atoms with van der Waals surface area (Å²) in [5.74, 6) is 0.971. The Morgan fingerprint density at radius 2 is 1.81 bits per heavy atom. The lowest BCUT2D eigenvalue weighted by atomic mass is 10.1. The Balaban J connectivity index is 1.18. The molecule has 216 valence electrons. The summed E-state index contributed by atoms with van der Waals surface area (Å²) in [6.07, 6.45) is 1.70. The summed E-state index contributed by atoms with van der Waals surface area (Å²) in [5.41, 5.74) is 1.50. The molecule has 0 saturated carbocycles. The summed E-state index contributed by atoms with van der Waals surface area (Å²) in [7, 11) is 2.04. The van der Waals surface area contributed by atoms with Crippen molar-refractivity contribution in [3.8, 4) is 28.7 Å². The van der Waals surface area contributed by atoms with Crippen molar-refractivity contribution >= 4 is 40.0 Å². The van der Waals surface area contributed by atoms with Gasteiger partial charge in [-0.1, -0.05) is 23.4 Å². The molecule has 2 aliphatic rings. The highest BCUT2D eigenvalue weighted by Gasteiger charge is 2.31. The van der Waals surface area contributed by atoms with E-state index in [0.29, 0.717) is 53.5 Å². The molecule has 0 radical (unpaired) electrons. The number of aromatic nitrogens is 5. The van der Waals surface area contributed by atoms with Gasteiger partial charge in [0.2, 0.25) is 17.2 Å². The normalized spacial score (nSPS) is 17.1. The summed E-state index contributed by atoms with van der Waals surface area (Å²) in [6, 6.07) is 8.27. The number of pyridine rings is 1. The molecule has 5 heterocycles. The van der Waals surface area contributed by atoms with Crippen molar-refractivity contribution in [2.45, 2.75) is 23.9 Å². The van der Waals surface area contributed by atoms with Gasteiger partial charge in [-0.05, 0) is 44.3 Å². The van der Waals surface area contributed by atoms with Crippen LogP contribution in [0.1, 0.15) is 18.9 Å². The van der Waals surface area contributed by atoms with Crippen LogP contribution in [0.3, 0.4) is 0 Å². The Hall–Kier alpha value is -3.94. The molecular formula is C28H25ClFN7O4S. The van der Waals surface area contributed by atoms with Crippen LogP contribution in [-0.2, 0) is 5.75 Å². The van der Waals surface area contributed by atoms with Crippen LogP contribution in [0.25, 0.3) is 33.8 Å². The SMILES string of the molecule is C[C@H]1COc2c(N3CCN(C)CC3)c(F)cc3c(=O)c(-c4nnc(SCc5nnc(-c6ccc(Cl)cc6)o5)o4)cn1c23. The second kappa shape index (κ2) is 10.7. The van der Waals surface area contributed by atoms with Crippen molar-refractivity contribution in [1.82, 2.24) is 29.9 Å². The van der Waals surface area contributed by atoms with Gasteiger partial charge in [0.15, 0.2) is 11.6 Å². The van der Waals surface area contributed by atoms with E-state index in [0.717, 1.165) is 18.7 Å². The molecule has 5 aromatic rings. The van der Waals surface area contributed by atoms with E-state index in [-0.39, 0.29) is 33.9 Å². The lowest BCUT2D eigenvalue weighted by molar-refractivity contribution is 0.245. The lowest BCUT2D eigenvalue weighted by Crippen LogP contribution is -2.45. The fourth-order valence-corrected chi connectivity index (χ4v) is 5.94. The highest BCUT2D eigenvalue weighted by atomic mass is 35.5. The first-order chi connectivity index (χ1) is 20.4. The third-order valence-corrected chi connectivity index (χ3v) is 8.53. The standard InChI is InChI=1S/C28H25ClFN7O4S/c1-15-13-39-25-22-18(11-20(30)23(25)36-9-7-35(2)8-10-36)24(38)19(12-37(15)22)27-33-34-28(41-27)42-14-21-31-32-26(40-21)16-3-5-17(29)6-4-16/h3-6,11-12,15H,7-10,13-14H2,1-2H3/t15-/m0/s1. The Bertz CT molecular complexity index is 1850. The van der Waals surface area contributed by atoms with Gasteiger partial charge in [0.1, 0.15) is 17.9 Å². The van der Waals surface area contributed by atoms with Gasteiger partial charge in [-0.25, -0.2) is 4.39 Å². The Morgan fingerprint density at radius 3 is 2.60 bits per heavy atom. The molecule has 0 aliphatic carbocycles. The largest absolute Gasteiger partial charge is 0.487 e. The molecule has 11 nitrogen and oxygen atoms in total. The molecule has 1 saturated heterocycles. The van der Waals surface area contributed by atoms with E-state index in [2.05, 4.69) is 25.3 Å². The molecule has 0 amide bonds. The third kappa shape index (κ3) is 4.80. The molecule has 1 atom stereocenters. The molecule has 0 spiro atoms. The minimum Gasteiger partial charge on any atom is -0.487 e. The number of nitrogens with zero attached hydrogens (tertiary/aromatic N) is 7. The van der Waals surface area contributed by atoms with Gasteiger partial charge < -0.3 is 27.9 Å². The van der Waals surface area contributed by atoms with E-state index in [1.807, 2.05) is 23.4 Å². The number of benzene rings is 2. The zero-order chi connectivity index (χ0) is 29.0. The average molecular weight is 610 g/mol. The first-order valence-corrected chi connectivity index (χ1v) is 14.7. The van der Waals surface area contributed by atoms with Crippen LogP contribution in [0.2, 0.25) is 5.02 Å². The molecule has 0 unspecified atom stereocenters. The van der Waals surface area contributed by atoms with Crippen LogP contribution >= 0.6 is 23.4 Å². The number of halogens is 2. The van der Waals surface area contributed by atoms with E-state index >= 15 is 4.39 Å². The predicted octanol–water partition coefficient (Wildman–Crippen LogP) is 4.89. The molecular weight excluding hydrogens is 585 g/mol. The zero-order valence-electron chi connectivity index (χ0n) is 22.7. The summed E-state index contributed by atoms with van der Waals surface area (Å²) >= 11 is 7.15. The van der Waals surface area contributed by atoms with Crippen molar-refractivity contribution < 1.29 is 18.0 Å². The van der Waals surface area contributed by atoms with Crippen molar-refractivity contribution in [2.24, 2.45) is 0 Å². The molecule has 2 aliphatic heterocycles. The minimum absolute atomic E-state index is 0.0457. The van der Waals surface area contributed by atoms with E-state index in [9.17, 15) is 4.79 Å². The summed E-state index contributed by atoms with van der Waals surface area (Å²) < 4.78 is 35.3. The predicted molar refractivity (Wildman–Crippen MR) is 156 cm³/mol. The molecule has 7 rings (SSSR count). The van der Waals surface area contributed by atoms with Gasteiger partial charge in [0, 0.05) is 43.0 Å². The molecule has 3 aromatic heterocycles. The second-order valence-electron chi connectivity index (χ2n) is 10.3. The summed E-state index contributed by atoms with van der Waals surface area (Å²) in [5, 5.41) is 17.4. The quantitative estimate of drug-likeness (QED) is 0.245. The maximum atomic E-state index is 15.6. The number of piperazine rings is 1. The molecule has 0 bridgehead atoms. The molecule has 0 N–H and O–H groups in total. The van der Waals surface area contributed by atoms with E-state index < -0.39 is 11.2 Å². The van der Waals surface area contributed by atoms with Gasteiger partial charge in [-0.15, -0.1) is 20.4 Å². The van der Waals surface area contributed by atoms with Crippen molar-refractivity contribution in [3.05, 3.63) is 63.5 Å². The van der Waals surface area contributed by atoms with Crippen molar-refractivity contribution in [1.29, 1.82) is 0 Å². The van der Waals surface area contributed by atoms with Gasteiger partial charge in [0.25, 0.3) is 11.1 Å². The van der Waals surface area contributed by atoms with Crippen molar-refractivity contribution in [2.75, 3.05) is 44.7 Å². The van der Waals surface area contributed by atoms with Gasteiger partial charge in [0.05, 0.1) is 22.7 Å². The smallest absolute Gasteiger partial charge is 0.277 e. The highest BCUT2D eigenvalue weighted by Crippen LogP contribution is 2.42. The average Bonchev–Trinajstić information content (AvgIpc) is 3.66. The van der Waals surface area contributed by atoms with Crippen LogP contribution in [0.15, 0.2) is 55.4 Å². The summed E-state index contributed by atoms with van der Waals surface area (Å²) in [6.45, 7) is 5.28. The van der Waals surface area contributed by atoms with Crippen LogP contribution in [-0.4, -0.2) is 69.7 Å². The third-order valence-electron chi connectivity index (χ3n) is 7.48. The molecule has 1 fully saturated rings. The number of hydrogen-bond acceptors (Lipinski definition) is 11. The number of ether oxygens (including phenoxy) is 1. The minimum atomic E-state index is -0.489.